The molecule has 37 heavy (non-hydrogen) atoms. The van der Waals surface area contributed by atoms with Crippen molar-refractivity contribution in [2.24, 2.45) is 5.41 Å². The second-order valence-corrected chi connectivity index (χ2v) is 11.4. The van der Waals surface area contributed by atoms with Crippen LogP contribution in [0.15, 0.2) is 48.5 Å². The van der Waals surface area contributed by atoms with Crippen molar-refractivity contribution in [2.45, 2.75) is 129 Å². The monoisotopic (exact) mass is 501 g/mol. The molecular weight excluding hydrogens is 450 g/mol. The Hall–Kier alpha value is -2.27. The molecule has 1 aliphatic rings. The third-order valence-corrected chi connectivity index (χ3v) is 8.50. The zero-order valence-corrected chi connectivity index (χ0v) is 23.8. The van der Waals surface area contributed by atoms with Crippen LogP contribution in [0.25, 0.3) is 11.1 Å². The fraction of sp³-hybridized carbons (Fsp3) is 0.629. The quantitative estimate of drug-likeness (QED) is 0.202. The van der Waals surface area contributed by atoms with Gasteiger partial charge >= 0.3 is 0 Å². The molecule has 0 spiro atoms. The number of hydrogen-bond acceptors (Lipinski definition) is 2. The van der Waals surface area contributed by atoms with Crippen molar-refractivity contribution in [1.29, 1.82) is 5.26 Å². The van der Waals surface area contributed by atoms with Crippen molar-refractivity contribution in [3.63, 3.8) is 0 Å². The zero-order chi connectivity index (χ0) is 26.2. The van der Waals surface area contributed by atoms with Crippen LogP contribution in [0.1, 0.15) is 134 Å². The molecule has 0 heterocycles. The summed E-state index contributed by atoms with van der Waals surface area (Å²) in [5, 5.41) is 9.85. The SMILES string of the molecule is CCCCCCCCOc1ccc(-c2ccc(C(CCCC)CCCC3(C#N)CCCCC3)cc2)cc1. The van der Waals surface area contributed by atoms with Crippen LogP contribution in [0, 0.1) is 16.7 Å². The lowest BCUT2D eigenvalue weighted by Gasteiger charge is -2.31. The van der Waals surface area contributed by atoms with E-state index in [0.717, 1.165) is 38.0 Å². The van der Waals surface area contributed by atoms with Crippen LogP contribution in [0.4, 0.5) is 0 Å². The number of nitrogens with zero attached hydrogens (tertiary/aromatic N) is 1. The van der Waals surface area contributed by atoms with Gasteiger partial charge in [0.1, 0.15) is 5.75 Å². The second kappa shape index (κ2) is 16.5. The molecule has 1 fully saturated rings. The van der Waals surface area contributed by atoms with E-state index in [4.69, 9.17) is 4.74 Å². The van der Waals surface area contributed by atoms with Gasteiger partial charge in [0.2, 0.25) is 0 Å². The van der Waals surface area contributed by atoms with Crippen LogP contribution in [0.5, 0.6) is 5.75 Å². The molecule has 1 unspecified atom stereocenters. The number of ether oxygens (including phenoxy) is 1. The van der Waals surface area contributed by atoms with E-state index in [-0.39, 0.29) is 5.41 Å². The van der Waals surface area contributed by atoms with Gasteiger partial charge in [-0.25, -0.2) is 0 Å². The summed E-state index contributed by atoms with van der Waals surface area (Å²) in [6.45, 7) is 5.36. The van der Waals surface area contributed by atoms with Crippen LogP contribution in [0.3, 0.4) is 0 Å². The number of rotatable bonds is 17. The van der Waals surface area contributed by atoms with Crippen LogP contribution in [-0.4, -0.2) is 6.61 Å². The smallest absolute Gasteiger partial charge is 0.119 e. The minimum absolute atomic E-state index is 0.0398. The molecule has 0 aliphatic heterocycles. The molecule has 2 aromatic carbocycles. The highest BCUT2D eigenvalue weighted by Gasteiger charge is 2.31. The van der Waals surface area contributed by atoms with Gasteiger partial charge in [0.25, 0.3) is 0 Å². The van der Waals surface area contributed by atoms with Gasteiger partial charge in [-0.15, -0.1) is 0 Å². The second-order valence-electron chi connectivity index (χ2n) is 11.4. The van der Waals surface area contributed by atoms with Crippen LogP contribution in [0.2, 0.25) is 0 Å². The Bertz CT molecular complexity index is 902. The highest BCUT2D eigenvalue weighted by atomic mass is 16.5. The lowest BCUT2D eigenvalue weighted by molar-refractivity contribution is 0.239. The van der Waals surface area contributed by atoms with E-state index in [2.05, 4.69) is 68.4 Å². The molecule has 2 nitrogen and oxygen atoms in total. The highest BCUT2D eigenvalue weighted by molar-refractivity contribution is 5.64. The Labute approximate surface area is 227 Å². The molecular formula is C35H51NO. The largest absolute Gasteiger partial charge is 0.494 e. The Morgan fingerprint density at radius 1 is 0.730 bits per heavy atom. The third-order valence-electron chi connectivity index (χ3n) is 8.50. The Morgan fingerprint density at radius 2 is 1.32 bits per heavy atom. The van der Waals surface area contributed by atoms with E-state index in [0.29, 0.717) is 5.92 Å². The van der Waals surface area contributed by atoms with Gasteiger partial charge in [-0.1, -0.05) is 121 Å². The molecule has 0 bridgehead atoms. The average molecular weight is 502 g/mol. The predicted octanol–water partition coefficient (Wildman–Crippen LogP) is 11.0. The van der Waals surface area contributed by atoms with Crippen molar-refractivity contribution >= 4 is 0 Å². The summed E-state index contributed by atoms with van der Waals surface area (Å²) in [5.41, 5.74) is 3.94. The van der Waals surface area contributed by atoms with Crippen molar-refractivity contribution < 1.29 is 4.74 Å². The van der Waals surface area contributed by atoms with Gasteiger partial charge in [0, 0.05) is 0 Å². The lowest BCUT2D eigenvalue weighted by Crippen LogP contribution is -2.22. The van der Waals surface area contributed by atoms with E-state index >= 15 is 0 Å². The van der Waals surface area contributed by atoms with Gasteiger partial charge in [-0.2, -0.15) is 5.26 Å². The number of benzene rings is 2. The minimum atomic E-state index is -0.0398. The average Bonchev–Trinajstić information content (AvgIpc) is 2.95. The molecule has 3 rings (SSSR count). The normalized spacial score (nSPS) is 15.7. The molecule has 1 saturated carbocycles. The first-order valence-electron chi connectivity index (χ1n) is 15.4. The summed E-state index contributed by atoms with van der Waals surface area (Å²) in [6, 6.07) is 20.6. The summed E-state index contributed by atoms with van der Waals surface area (Å²) in [4.78, 5) is 0. The standard InChI is InChI=1S/C35H51NO/c1-3-5-7-8-9-13-28-37-34-23-21-33(22-24-34)32-19-17-31(18-20-32)30(15-6-4-2)16-14-27-35(29-36)25-11-10-12-26-35/h17-24,30H,3-16,25-28H2,1-2H3. The maximum atomic E-state index is 9.85. The van der Waals surface area contributed by atoms with E-state index in [1.165, 1.54) is 100 Å². The number of unbranched alkanes of at least 4 members (excludes halogenated alkanes) is 6. The van der Waals surface area contributed by atoms with Gasteiger partial charge in [0.05, 0.1) is 18.1 Å². The molecule has 202 valence electrons. The topological polar surface area (TPSA) is 33.0 Å². The fourth-order valence-corrected chi connectivity index (χ4v) is 6.03. The molecule has 1 atom stereocenters. The molecule has 0 amide bonds. The predicted molar refractivity (Wildman–Crippen MR) is 158 cm³/mol. The van der Waals surface area contributed by atoms with E-state index < -0.39 is 0 Å². The van der Waals surface area contributed by atoms with E-state index in [1.54, 1.807) is 0 Å². The zero-order valence-electron chi connectivity index (χ0n) is 23.8. The van der Waals surface area contributed by atoms with Crippen molar-refractivity contribution in [3.05, 3.63) is 54.1 Å². The van der Waals surface area contributed by atoms with Gasteiger partial charge in [0.15, 0.2) is 0 Å². The third kappa shape index (κ3) is 9.85. The summed E-state index contributed by atoms with van der Waals surface area (Å²) in [5.74, 6) is 1.58. The summed E-state index contributed by atoms with van der Waals surface area (Å²) >= 11 is 0. The molecule has 0 saturated heterocycles. The van der Waals surface area contributed by atoms with Crippen LogP contribution < -0.4 is 4.74 Å². The summed E-state index contributed by atoms with van der Waals surface area (Å²) in [6.07, 6.45) is 21.0. The first-order valence-corrected chi connectivity index (χ1v) is 15.4. The summed E-state index contributed by atoms with van der Waals surface area (Å²) < 4.78 is 5.97. The molecule has 2 aromatic rings. The van der Waals surface area contributed by atoms with Gasteiger partial charge in [-0.05, 0) is 73.3 Å². The summed E-state index contributed by atoms with van der Waals surface area (Å²) in [7, 11) is 0. The van der Waals surface area contributed by atoms with Gasteiger partial charge in [-0.3, -0.25) is 0 Å². The van der Waals surface area contributed by atoms with Crippen LogP contribution in [-0.2, 0) is 0 Å². The molecule has 0 N–H and O–H groups in total. The van der Waals surface area contributed by atoms with E-state index in [9.17, 15) is 5.26 Å². The molecule has 1 aliphatic carbocycles. The van der Waals surface area contributed by atoms with E-state index in [1.807, 2.05) is 0 Å². The lowest BCUT2D eigenvalue weighted by atomic mass is 9.71. The highest BCUT2D eigenvalue weighted by Crippen LogP contribution is 2.41. The maximum absolute atomic E-state index is 9.85. The number of hydrogen-bond donors (Lipinski definition) is 0. The first kappa shape index (κ1) is 29.3. The van der Waals surface area contributed by atoms with Crippen molar-refractivity contribution in [2.75, 3.05) is 6.61 Å². The Balaban J connectivity index is 1.51. The Kier molecular flexibility index (Phi) is 13.1. The molecule has 2 heteroatoms. The molecule has 0 radical (unpaired) electrons. The van der Waals surface area contributed by atoms with Crippen LogP contribution >= 0.6 is 0 Å². The van der Waals surface area contributed by atoms with Crippen molar-refractivity contribution in [1.82, 2.24) is 0 Å². The molecule has 0 aromatic heterocycles. The number of nitriles is 1. The van der Waals surface area contributed by atoms with Crippen molar-refractivity contribution in [3.8, 4) is 22.9 Å². The fourth-order valence-electron chi connectivity index (χ4n) is 6.03. The minimum Gasteiger partial charge on any atom is -0.494 e. The first-order chi connectivity index (χ1) is 18.2. The van der Waals surface area contributed by atoms with Gasteiger partial charge < -0.3 is 4.74 Å². The maximum Gasteiger partial charge on any atom is 0.119 e. The Morgan fingerprint density at radius 3 is 1.97 bits per heavy atom.